The number of hydrogen-bond donors (Lipinski definition) is 0. The quantitative estimate of drug-likeness (QED) is 0.830. The Hall–Kier alpha value is -2.47. The van der Waals surface area contributed by atoms with Gasteiger partial charge in [-0.15, -0.1) is 0 Å². The van der Waals surface area contributed by atoms with Crippen molar-refractivity contribution in [3.05, 3.63) is 47.3 Å². The fraction of sp³-hybridized carbons (Fsp3) is 0.450. The molecule has 1 aromatic carbocycles. The highest BCUT2D eigenvalue weighted by Crippen LogP contribution is 2.33. The maximum absolute atomic E-state index is 13.3. The average molecular weight is 351 g/mol. The van der Waals surface area contributed by atoms with Gasteiger partial charge in [0.05, 0.1) is 0 Å². The van der Waals surface area contributed by atoms with E-state index in [1.165, 1.54) is 5.56 Å². The molecule has 0 spiro atoms. The number of anilines is 2. The fourth-order valence-corrected chi connectivity index (χ4v) is 3.81. The van der Waals surface area contributed by atoms with Gasteiger partial charge in [-0.1, -0.05) is 18.2 Å². The maximum atomic E-state index is 13.3. The molecule has 6 heteroatoms. The number of para-hydroxylation sites is 1. The highest BCUT2D eigenvalue weighted by molar-refractivity contribution is 6.06. The molecule has 1 fully saturated rings. The highest BCUT2D eigenvalue weighted by Gasteiger charge is 2.32. The van der Waals surface area contributed by atoms with Crippen molar-refractivity contribution >= 4 is 17.5 Å². The first-order valence-corrected chi connectivity index (χ1v) is 9.23. The van der Waals surface area contributed by atoms with Crippen LogP contribution in [-0.2, 0) is 6.42 Å². The van der Waals surface area contributed by atoms with Crippen LogP contribution in [0.15, 0.2) is 30.3 Å². The third-order valence-electron chi connectivity index (χ3n) is 5.27. The van der Waals surface area contributed by atoms with E-state index in [0.29, 0.717) is 11.6 Å². The summed E-state index contributed by atoms with van der Waals surface area (Å²) < 4.78 is 0. The van der Waals surface area contributed by atoms with E-state index in [4.69, 9.17) is 0 Å². The lowest BCUT2D eigenvalue weighted by Crippen LogP contribution is -2.45. The van der Waals surface area contributed by atoms with Crippen LogP contribution in [0.2, 0.25) is 0 Å². The van der Waals surface area contributed by atoms with Gasteiger partial charge in [0.1, 0.15) is 5.69 Å². The second-order valence-corrected chi connectivity index (χ2v) is 7.34. The smallest absolute Gasteiger partial charge is 0.277 e. The van der Waals surface area contributed by atoms with Gasteiger partial charge in [-0.2, -0.15) is 0 Å². The first kappa shape index (κ1) is 17.0. The van der Waals surface area contributed by atoms with Crippen LogP contribution < -0.4 is 9.80 Å². The molecule has 0 radical (unpaired) electrons. The number of fused-ring (bicyclic) bond motifs is 1. The van der Waals surface area contributed by atoms with Crippen molar-refractivity contribution in [2.45, 2.75) is 26.3 Å². The van der Waals surface area contributed by atoms with E-state index in [0.717, 1.165) is 44.0 Å². The minimum atomic E-state index is -0.0386. The van der Waals surface area contributed by atoms with Crippen LogP contribution in [0.1, 0.15) is 28.7 Å². The number of hydrogen-bond acceptors (Lipinski definition) is 5. The predicted molar refractivity (Wildman–Crippen MR) is 103 cm³/mol. The van der Waals surface area contributed by atoms with Crippen LogP contribution in [0, 0.1) is 6.92 Å². The van der Waals surface area contributed by atoms with Crippen LogP contribution in [0.25, 0.3) is 0 Å². The van der Waals surface area contributed by atoms with E-state index in [1.807, 2.05) is 30.0 Å². The van der Waals surface area contributed by atoms with Crippen LogP contribution in [-0.4, -0.2) is 60.0 Å². The Bertz CT molecular complexity index is 829. The molecule has 0 saturated carbocycles. The summed E-state index contributed by atoms with van der Waals surface area (Å²) in [6, 6.07) is 10.1. The molecule has 3 heterocycles. The Morgan fingerprint density at radius 1 is 1.12 bits per heavy atom. The van der Waals surface area contributed by atoms with E-state index >= 15 is 0 Å². The van der Waals surface area contributed by atoms with E-state index in [9.17, 15) is 4.79 Å². The zero-order valence-corrected chi connectivity index (χ0v) is 15.6. The van der Waals surface area contributed by atoms with Gasteiger partial charge in [-0.25, -0.2) is 9.97 Å². The van der Waals surface area contributed by atoms with Gasteiger partial charge >= 0.3 is 0 Å². The van der Waals surface area contributed by atoms with Gasteiger partial charge in [0, 0.05) is 43.6 Å². The van der Waals surface area contributed by atoms with Crippen molar-refractivity contribution in [1.29, 1.82) is 0 Å². The van der Waals surface area contributed by atoms with Gasteiger partial charge < -0.3 is 14.7 Å². The molecule has 2 aromatic rings. The molecule has 2 aliphatic heterocycles. The van der Waals surface area contributed by atoms with E-state index < -0.39 is 0 Å². The molecule has 1 saturated heterocycles. The van der Waals surface area contributed by atoms with Crippen molar-refractivity contribution < 1.29 is 4.79 Å². The standard InChI is InChI=1S/C20H25N5O/c1-14-12-17(22-20(21-14)24-10-8-23(3)9-11-24)19(26)25-15(2)13-16-6-4-5-7-18(16)25/h4-7,12,15H,8-11,13H2,1-3H3. The Balaban J connectivity index is 1.64. The molecule has 1 atom stereocenters. The van der Waals surface area contributed by atoms with E-state index in [-0.39, 0.29) is 11.9 Å². The lowest BCUT2D eigenvalue weighted by molar-refractivity contribution is 0.0976. The Morgan fingerprint density at radius 2 is 1.85 bits per heavy atom. The highest BCUT2D eigenvalue weighted by atomic mass is 16.2. The zero-order chi connectivity index (χ0) is 18.3. The van der Waals surface area contributed by atoms with Crippen molar-refractivity contribution in [3.63, 3.8) is 0 Å². The average Bonchev–Trinajstić information content (AvgIpc) is 2.97. The number of nitrogens with zero attached hydrogens (tertiary/aromatic N) is 5. The van der Waals surface area contributed by atoms with Gasteiger partial charge in [-0.3, -0.25) is 4.79 Å². The van der Waals surface area contributed by atoms with Gasteiger partial charge in [-0.05, 0) is 45.0 Å². The summed E-state index contributed by atoms with van der Waals surface area (Å²) in [4.78, 5) is 28.8. The van der Waals surface area contributed by atoms with Crippen LogP contribution >= 0.6 is 0 Å². The number of benzene rings is 1. The summed E-state index contributed by atoms with van der Waals surface area (Å²) in [5, 5.41) is 0. The summed E-state index contributed by atoms with van der Waals surface area (Å²) in [7, 11) is 2.12. The molecule has 136 valence electrons. The maximum Gasteiger partial charge on any atom is 0.277 e. The number of piperazine rings is 1. The second-order valence-electron chi connectivity index (χ2n) is 7.34. The molecule has 0 N–H and O–H groups in total. The summed E-state index contributed by atoms with van der Waals surface area (Å²) in [5.41, 5.74) is 3.54. The molecular formula is C20H25N5O. The molecule has 6 nitrogen and oxygen atoms in total. The normalized spacial score (nSPS) is 20.3. The molecular weight excluding hydrogens is 326 g/mol. The largest absolute Gasteiger partial charge is 0.338 e. The summed E-state index contributed by atoms with van der Waals surface area (Å²) in [5.74, 6) is 0.630. The number of likely N-dealkylation sites (N-methyl/N-ethyl adjacent to an activating group) is 1. The Labute approximate surface area is 154 Å². The van der Waals surface area contributed by atoms with Crippen molar-refractivity contribution in [2.24, 2.45) is 0 Å². The minimum Gasteiger partial charge on any atom is -0.338 e. The summed E-state index contributed by atoms with van der Waals surface area (Å²) in [6.45, 7) is 7.76. The summed E-state index contributed by atoms with van der Waals surface area (Å²) >= 11 is 0. The van der Waals surface area contributed by atoms with Crippen molar-refractivity contribution in [1.82, 2.24) is 14.9 Å². The van der Waals surface area contributed by atoms with Crippen molar-refractivity contribution in [2.75, 3.05) is 43.0 Å². The first-order chi connectivity index (χ1) is 12.5. The number of rotatable bonds is 2. The second kappa shape index (κ2) is 6.68. The number of carbonyl (C=O) groups is 1. The third kappa shape index (κ3) is 3.05. The molecule has 0 bridgehead atoms. The predicted octanol–water partition coefficient (Wildman–Crippen LogP) is 2.13. The summed E-state index contributed by atoms with van der Waals surface area (Å²) in [6.07, 6.45) is 0.886. The number of carbonyl (C=O) groups excluding carboxylic acids is 1. The van der Waals surface area contributed by atoms with Crippen molar-refractivity contribution in [3.8, 4) is 0 Å². The number of aryl methyl sites for hydroxylation is 1. The molecule has 1 aromatic heterocycles. The molecule has 1 amide bonds. The van der Waals surface area contributed by atoms with Gasteiger partial charge in [0.25, 0.3) is 5.91 Å². The lowest BCUT2D eigenvalue weighted by atomic mass is 10.1. The third-order valence-corrected chi connectivity index (χ3v) is 5.27. The molecule has 0 aliphatic carbocycles. The van der Waals surface area contributed by atoms with E-state index in [1.54, 1.807) is 6.07 Å². The fourth-order valence-electron chi connectivity index (χ4n) is 3.81. The Kier molecular flexibility index (Phi) is 4.36. The van der Waals surface area contributed by atoms with Crippen LogP contribution in [0.4, 0.5) is 11.6 Å². The SMILES string of the molecule is Cc1cc(C(=O)N2c3ccccc3CC2C)nc(N2CCN(C)CC2)n1. The lowest BCUT2D eigenvalue weighted by Gasteiger charge is -2.32. The van der Waals surface area contributed by atoms with E-state index in [2.05, 4.69) is 39.8 Å². The van der Waals surface area contributed by atoms with Gasteiger partial charge in [0.15, 0.2) is 0 Å². The van der Waals surface area contributed by atoms with Crippen LogP contribution in [0.5, 0.6) is 0 Å². The number of amides is 1. The molecule has 2 aliphatic rings. The minimum absolute atomic E-state index is 0.0386. The first-order valence-electron chi connectivity index (χ1n) is 9.23. The zero-order valence-electron chi connectivity index (χ0n) is 15.6. The molecule has 1 unspecified atom stereocenters. The monoisotopic (exact) mass is 351 g/mol. The Morgan fingerprint density at radius 3 is 2.62 bits per heavy atom. The van der Waals surface area contributed by atoms with Gasteiger partial charge in [0.2, 0.25) is 5.95 Å². The van der Waals surface area contributed by atoms with Crippen LogP contribution in [0.3, 0.4) is 0 Å². The molecule has 4 rings (SSSR count). The molecule has 26 heavy (non-hydrogen) atoms. The topological polar surface area (TPSA) is 52.6 Å². The number of aromatic nitrogens is 2.